The Hall–Kier alpha value is -2.38. The van der Waals surface area contributed by atoms with Crippen LogP contribution in [0, 0.1) is 23.3 Å². The number of aromatic nitrogens is 2. The molecular formula is C37H49IrN2O3SSi-. The summed E-state index contributed by atoms with van der Waals surface area (Å²) in [5, 5.41) is 14.6. The molecule has 1 aliphatic rings. The van der Waals surface area contributed by atoms with Crippen molar-refractivity contribution >= 4 is 51.4 Å². The number of benzene rings is 2. The SMILES string of the molecule is CC(C)(C)Cc1sc2ncnc3c2c1Oc1c-3[c-]c2ccccc2c1[Si](C)(C)C.CCC(CC)C(=O)/C=C(\O)C(CC)CC.[Ir]. The molecule has 245 valence electrons. The molecule has 1 N–H and O–H groups in total. The Morgan fingerprint density at radius 2 is 1.62 bits per heavy atom. The number of rotatable bonds is 9. The third kappa shape index (κ3) is 8.13. The van der Waals surface area contributed by atoms with E-state index >= 15 is 0 Å². The molecule has 5 rings (SSSR count). The van der Waals surface area contributed by atoms with E-state index in [4.69, 9.17) is 9.72 Å². The first kappa shape index (κ1) is 37.1. The van der Waals surface area contributed by atoms with E-state index in [1.165, 1.54) is 21.5 Å². The number of allylic oxidation sites excluding steroid dienone is 2. The smallest absolute Gasteiger partial charge is 0.162 e. The van der Waals surface area contributed by atoms with Crippen LogP contribution in [0.2, 0.25) is 19.6 Å². The fraction of sp³-hybridized carbons (Fsp3) is 0.486. The number of aliphatic hydroxyl groups is 1. The maximum absolute atomic E-state index is 11.7. The molecule has 0 fully saturated rings. The molecule has 1 radical (unpaired) electrons. The maximum Gasteiger partial charge on any atom is 0.162 e. The average molecular weight is 822 g/mol. The van der Waals surface area contributed by atoms with E-state index in [1.54, 1.807) is 17.7 Å². The van der Waals surface area contributed by atoms with Crippen molar-refractivity contribution in [3.8, 4) is 22.8 Å². The third-order valence-electron chi connectivity index (χ3n) is 8.39. The number of aliphatic hydroxyl groups excluding tert-OH is 1. The molecule has 5 nitrogen and oxygen atoms in total. The van der Waals surface area contributed by atoms with E-state index in [2.05, 4.69) is 75.7 Å². The number of carbonyl (C=O) groups is 1. The minimum Gasteiger partial charge on any atom is -0.512 e. The monoisotopic (exact) mass is 822 g/mol. The van der Waals surface area contributed by atoms with Gasteiger partial charge in [-0.05, 0) is 37.5 Å². The van der Waals surface area contributed by atoms with Crippen LogP contribution in [0.5, 0.6) is 11.5 Å². The van der Waals surface area contributed by atoms with Gasteiger partial charge in [-0.2, -0.15) is 0 Å². The number of thiophene rings is 1. The van der Waals surface area contributed by atoms with Crippen molar-refractivity contribution in [2.24, 2.45) is 17.3 Å². The summed E-state index contributed by atoms with van der Waals surface area (Å²) in [5.74, 6) is 2.47. The van der Waals surface area contributed by atoms with Crippen LogP contribution in [-0.4, -0.2) is 28.9 Å². The topological polar surface area (TPSA) is 72.3 Å². The molecule has 0 aliphatic carbocycles. The van der Waals surface area contributed by atoms with Gasteiger partial charge >= 0.3 is 0 Å². The maximum atomic E-state index is 11.7. The number of hydrogen-bond donors (Lipinski definition) is 1. The molecule has 3 heterocycles. The number of ketones is 1. The second-order valence-electron chi connectivity index (χ2n) is 14.1. The molecule has 4 aromatic rings. The number of fused-ring (bicyclic) bond motifs is 3. The fourth-order valence-corrected chi connectivity index (χ4v) is 9.24. The van der Waals surface area contributed by atoms with E-state index in [9.17, 15) is 9.90 Å². The molecule has 0 unspecified atom stereocenters. The Bertz CT molecular complexity index is 1680. The fourth-order valence-electron chi connectivity index (χ4n) is 5.99. The number of nitrogens with zero attached hydrogens (tertiary/aromatic N) is 2. The second-order valence-corrected chi connectivity index (χ2v) is 20.2. The predicted octanol–water partition coefficient (Wildman–Crippen LogP) is 10.4. The van der Waals surface area contributed by atoms with Crippen LogP contribution in [0.15, 0.2) is 42.4 Å². The van der Waals surface area contributed by atoms with Crippen molar-refractivity contribution in [1.29, 1.82) is 0 Å². The summed E-state index contributed by atoms with van der Waals surface area (Å²) in [6.45, 7) is 22.0. The van der Waals surface area contributed by atoms with Gasteiger partial charge in [0.15, 0.2) is 5.78 Å². The first-order chi connectivity index (χ1) is 20.7. The summed E-state index contributed by atoms with van der Waals surface area (Å²) in [5.41, 5.74) is 2.13. The van der Waals surface area contributed by atoms with Crippen molar-refractivity contribution in [1.82, 2.24) is 9.97 Å². The molecule has 45 heavy (non-hydrogen) atoms. The van der Waals surface area contributed by atoms with Crippen molar-refractivity contribution in [2.45, 2.75) is 100 Å². The summed E-state index contributed by atoms with van der Waals surface area (Å²) >= 11 is 1.74. The van der Waals surface area contributed by atoms with Crippen LogP contribution in [0.4, 0.5) is 0 Å². The number of hydrogen-bond acceptors (Lipinski definition) is 6. The quantitative estimate of drug-likeness (QED) is 0.0694. The Balaban J connectivity index is 0.000000297. The summed E-state index contributed by atoms with van der Waals surface area (Å²) in [4.78, 5) is 23.3. The Labute approximate surface area is 288 Å². The van der Waals surface area contributed by atoms with Gasteiger partial charge in [-0.15, -0.1) is 28.9 Å². The van der Waals surface area contributed by atoms with E-state index in [0.717, 1.165) is 70.5 Å². The van der Waals surface area contributed by atoms with Crippen molar-refractivity contribution in [3.63, 3.8) is 0 Å². The van der Waals surface area contributed by atoms with Gasteiger partial charge < -0.3 is 9.84 Å². The Kier molecular flexibility index (Phi) is 12.4. The summed E-state index contributed by atoms with van der Waals surface area (Å²) in [6, 6.07) is 12.2. The van der Waals surface area contributed by atoms with Crippen LogP contribution in [0.3, 0.4) is 0 Å². The normalized spacial score (nSPS) is 12.9. The number of ether oxygens (including phenoxy) is 1. The first-order valence-corrected chi connectivity index (χ1v) is 20.4. The molecule has 2 aromatic carbocycles. The predicted molar refractivity (Wildman–Crippen MR) is 189 cm³/mol. The largest absolute Gasteiger partial charge is 0.512 e. The van der Waals surface area contributed by atoms with E-state index < -0.39 is 8.07 Å². The molecule has 8 heteroatoms. The van der Waals surface area contributed by atoms with Crippen LogP contribution in [-0.2, 0) is 31.3 Å². The summed E-state index contributed by atoms with van der Waals surface area (Å²) in [7, 11) is -1.71. The standard InChI is InChI=1S/C24H25N2OSSi.C13H24O2.Ir/c1-24(2,3)12-17-21-18-19(25-13-26-23(18)28-17)16-11-14-9-7-8-10-15(14)22(20(16)27-21)29(4,5)6;1-5-10(6-2)12(14)9-13(15)11(7-3)8-4;/h7-10,13H,12H2,1-6H3;9-11,14H,5-8H2,1-4H3;/q-1;;/b;12-9-;. The minimum absolute atomic E-state index is 0. The molecule has 0 saturated carbocycles. The van der Waals surface area contributed by atoms with Gasteiger partial charge in [-0.3, -0.25) is 9.78 Å². The van der Waals surface area contributed by atoms with Gasteiger partial charge in [-0.25, -0.2) is 4.98 Å². The van der Waals surface area contributed by atoms with Gasteiger partial charge in [0.05, 0.1) is 19.6 Å². The Morgan fingerprint density at radius 3 is 2.20 bits per heavy atom. The number of carbonyl (C=O) groups excluding carboxylic acids is 1. The second kappa shape index (κ2) is 15.0. The molecule has 1 aliphatic heterocycles. The van der Waals surface area contributed by atoms with Gasteiger partial charge in [-0.1, -0.05) is 102 Å². The molecule has 0 bridgehead atoms. The molecular weight excluding hydrogens is 773 g/mol. The minimum atomic E-state index is -1.71. The molecule has 0 amide bonds. The van der Waals surface area contributed by atoms with Gasteiger partial charge in [0.1, 0.15) is 16.9 Å². The van der Waals surface area contributed by atoms with Crippen LogP contribution in [0.1, 0.15) is 79.0 Å². The first-order valence-electron chi connectivity index (χ1n) is 16.1. The van der Waals surface area contributed by atoms with Gasteiger partial charge in [0, 0.05) is 54.0 Å². The average Bonchev–Trinajstić information content (AvgIpc) is 3.29. The van der Waals surface area contributed by atoms with Crippen molar-refractivity contribution < 1.29 is 34.7 Å². The van der Waals surface area contributed by atoms with E-state index in [1.807, 2.05) is 27.7 Å². The zero-order valence-electron chi connectivity index (χ0n) is 28.6. The molecule has 0 saturated heterocycles. The zero-order chi connectivity index (χ0) is 32.4. The summed E-state index contributed by atoms with van der Waals surface area (Å²) < 4.78 is 6.77. The van der Waals surface area contributed by atoms with Crippen LogP contribution < -0.4 is 9.92 Å². The third-order valence-corrected chi connectivity index (χ3v) is 11.5. The Morgan fingerprint density at radius 1 is 1.00 bits per heavy atom. The molecule has 0 spiro atoms. The summed E-state index contributed by atoms with van der Waals surface area (Å²) in [6.07, 6.45) is 7.55. The van der Waals surface area contributed by atoms with Crippen LogP contribution in [0.25, 0.3) is 32.2 Å². The zero-order valence-corrected chi connectivity index (χ0v) is 32.8. The van der Waals surface area contributed by atoms with Gasteiger partial charge in [0.25, 0.3) is 0 Å². The van der Waals surface area contributed by atoms with E-state index in [-0.39, 0.29) is 48.9 Å². The van der Waals surface area contributed by atoms with Crippen molar-refractivity contribution in [2.75, 3.05) is 0 Å². The van der Waals surface area contributed by atoms with Crippen molar-refractivity contribution in [3.05, 3.63) is 53.4 Å². The molecule has 0 atom stereocenters. The van der Waals surface area contributed by atoms with Crippen LogP contribution >= 0.6 is 11.3 Å². The van der Waals surface area contributed by atoms with Gasteiger partial charge in [0.2, 0.25) is 0 Å². The van der Waals surface area contributed by atoms with E-state index in [0.29, 0.717) is 0 Å². The molecule has 2 aromatic heterocycles.